The number of nitrogens with two attached hydrogens (primary N) is 1. The second-order valence-corrected chi connectivity index (χ2v) is 8.02. The van der Waals surface area contributed by atoms with E-state index in [4.69, 9.17) is 10.5 Å². The maximum absolute atomic E-state index is 13.9. The normalized spacial score (nSPS) is 11.8. The number of ether oxygens (including phenoxy) is 2. The van der Waals surface area contributed by atoms with E-state index in [0.29, 0.717) is 47.8 Å². The van der Waals surface area contributed by atoms with Gasteiger partial charge < -0.3 is 20.0 Å². The van der Waals surface area contributed by atoms with Crippen LogP contribution in [0.4, 0.5) is 28.0 Å². The van der Waals surface area contributed by atoms with Crippen LogP contribution >= 0.6 is 0 Å². The van der Waals surface area contributed by atoms with E-state index in [2.05, 4.69) is 11.3 Å². The summed E-state index contributed by atoms with van der Waals surface area (Å²) in [7, 11) is 0. The number of hydrogen-bond acceptors (Lipinski definition) is 6. The van der Waals surface area contributed by atoms with Crippen LogP contribution < -0.4 is 15.8 Å². The molecule has 0 aliphatic heterocycles. The minimum atomic E-state index is -5.00. The number of hydrogen-bond donors (Lipinski definition) is 2. The highest BCUT2D eigenvalue weighted by Crippen LogP contribution is 2.27. The average molecular weight is 524 g/mol. The molecule has 0 heterocycles. The second kappa shape index (κ2) is 13.2. The second-order valence-electron chi connectivity index (χ2n) is 8.02. The lowest BCUT2D eigenvalue weighted by atomic mass is 9.90. The first-order valence-corrected chi connectivity index (χ1v) is 10.9. The Hall–Kier alpha value is -4.22. The molecule has 0 saturated heterocycles. The van der Waals surface area contributed by atoms with Gasteiger partial charge >= 0.3 is 12.5 Å². The Balaban J connectivity index is 1.99. The van der Waals surface area contributed by atoms with E-state index in [-0.39, 0.29) is 31.4 Å². The molecule has 2 amide bonds. The summed E-state index contributed by atoms with van der Waals surface area (Å²) in [6.07, 6.45) is -3.88. The molecule has 1 atom stereocenters. The van der Waals surface area contributed by atoms with Gasteiger partial charge in [0.15, 0.2) is 0 Å². The number of carbonyl (C=O) groups excluding carboxylic acids is 4. The van der Waals surface area contributed by atoms with Crippen molar-refractivity contribution < 1.29 is 46.2 Å². The lowest BCUT2D eigenvalue weighted by molar-refractivity contribution is -0.274. The van der Waals surface area contributed by atoms with Crippen LogP contribution in [0.2, 0.25) is 0 Å². The van der Waals surface area contributed by atoms with Crippen molar-refractivity contribution in [1.29, 1.82) is 0 Å². The van der Waals surface area contributed by atoms with E-state index in [1.807, 2.05) is 5.32 Å². The van der Waals surface area contributed by atoms with Gasteiger partial charge in [-0.25, -0.2) is 9.18 Å². The minimum absolute atomic E-state index is 0.183. The van der Waals surface area contributed by atoms with Crippen LogP contribution in [0, 0.1) is 11.7 Å². The van der Waals surface area contributed by atoms with Gasteiger partial charge in [-0.15, -0.1) is 13.2 Å². The smallest absolute Gasteiger partial charge is 0.444 e. The molecule has 0 aromatic heterocycles. The third kappa shape index (κ3) is 9.74. The first kappa shape index (κ1) is 29.0. The van der Waals surface area contributed by atoms with Crippen LogP contribution in [0.25, 0.3) is 0 Å². The highest BCUT2D eigenvalue weighted by atomic mass is 19.4. The van der Waals surface area contributed by atoms with Crippen molar-refractivity contribution in [3.05, 3.63) is 71.1 Å². The first-order chi connectivity index (χ1) is 17.4. The fourth-order valence-electron chi connectivity index (χ4n) is 3.40. The van der Waals surface area contributed by atoms with Crippen molar-refractivity contribution in [3.63, 3.8) is 0 Å². The molecule has 37 heavy (non-hydrogen) atoms. The van der Waals surface area contributed by atoms with Crippen LogP contribution in [0.15, 0.2) is 48.6 Å². The number of primary amides is 1. The molecule has 0 aliphatic carbocycles. The number of benzene rings is 2. The monoisotopic (exact) mass is 524 g/mol. The Labute approximate surface area is 209 Å². The number of allylic oxidation sites excluding steroid dienone is 1. The van der Waals surface area contributed by atoms with Crippen LogP contribution in [0.5, 0.6) is 5.75 Å². The zero-order valence-electron chi connectivity index (χ0n) is 19.5. The molecule has 8 nitrogen and oxygen atoms in total. The molecule has 1 unspecified atom stereocenters. The molecule has 0 spiro atoms. The maximum Gasteiger partial charge on any atom is 0.573 e. The highest BCUT2D eigenvalue weighted by molar-refractivity contribution is 5.85. The number of rotatable bonds is 13. The number of carbonyl (C=O) groups is 4. The Kier molecular flexibility index (Phi) is 10.3. The Morgan fingerprint density at radius 1 is 1.14 bits per heavy atom. The number of halogens is 4. The number of aldehydes is 2. The van der Waals surface area contributed by atoms with Gasteiger partial charge in [-0.3, -0.25) is 14.9 Å². The fraction of sp³-hybridized carbons (Fsp3) is 0.280. The largest absolute Gasteiger partial charge is 0.573 e. The SMILES string of the molecule is C=C(Cc1ccc(COC(=O)Nc2cc(OC(F)(F)F)ccc2F)cc1C=O)CC(CCC=O)C(N)=O. The van der Waals surface area contributed by atoms with Crippen molar-refractivity contribution >= 4 is 30.3 Å². The molecule has 12 heteroatoms. The van der Waals surface area contributed by atoms with E-state index in [1.165, 1.54) is 6.07 Å². The predicted molar refractivity (Wildman–Crippen MR) is 124 cm³/mol. The maximum atomic E-state index is 13.9. The van der Waals surface area contributed by atoms with Gasteiger partial charge in [0.2, 0.25) is 5.91 Å². The third-order valence-corrected chi connectivity index (χ3v) is 5.13. The zero-order valence-corrected chi connectivity index (χ0v) is 19.5. The lowest BCUT2D eigenvalue weighted by Crippen LogP contribution is -2.24. The van der Waals surface area contributed by atoms with E-state index >= 15 is 0 Å². The zero-order chi connectivity index (χ0) is 27.6. The summed E-state index contributed by atoms with van der Waals surface area (Å²) in [5.74, 6) is -2.86. The molecular weight excluding hydrogens is 500 g/mol. The van der Waals surface area contributed by atoms with Crippen molar-refractivity contribution in [2.45, 2.75) is 38.7 Å². The van der Waals surface area contributed by atoms with Gasteiger partial charge in [-0.05, 0) is 48.6 Å². The van der Waals surface area contributed by atoms with Gasteiger partial charge in [0.25, 0.3) is 0 Å². The summed E-state index contributed by atoms with van der Waals surface area (Å²) >= 11 is 0. The summed E-state index contributed by atoms with van der Waals surface area (Å²) in [4.78, 5) is 45.8. The number of anilines is 1. The molecule has 2 rings (SSSR count). The summed E-state index contributed by atoms with van der Waals surface area (Å²) in [6, 6.07) is 6.72. The van der Waals surface area contributed by atoms with Gasteiger partial charge in [0, 0.05) is 24.0 Å². The molecule has 3 N–H and O–H groups in total. The summed E-state index contributed by atoms with van der Waals surface area (Å²) in [5, 5.41) is 1.99. The van der Waals surface area contributed by atoms with Crippen LogP contribution in [-0.4, -0.2) is 30.9 Å². The van der Waals surface area contributed by atoms with Crippen molar-refractivity contribution in [1.82, 2.24) is 0 Å². The third-order valence-electron chi connectivity index (χ3n) is 5.13. The van der Waals surface area contributed by atoms with Gasteiger partial charge in [-0.2, -0.15) is 0 Å². The van der Waals surface area contributed by atoms with Crippen LogP contribution in [-0.2, 0) is 27.4 Å². The Bertz CT molecular complexity index is 1170. The minimum Gasteiger partial charge on any atom is -0.444 e. The molecule has 0 fully saturated rings. The molecule has 2 aromatic carbocycles. The summed E-state index contributed by atoms with van der Waals surface area (Å²) < 4.78 is 59.6. The van der Waals surface area contributed by atoms with Crippen molar-refractivity contribution in [2.75, 3.05) is 5.32 Å². The quantitative estimate of drug-likeness (QED) is 0.219. The summed E-state index contributed by atoms with van der Waals surface area (Å²) in [6.45, 7) is 3.59. The van der Waals surface area contributed by atoms with E-state index in [9.17, 15) is 36.7 Å². The van der Waals surface area contributed by atoms with E-state index in [1.54, 1.807) is 12.1 Å². The first-order valence-electron chi connectivity index (χ1n) is 10.9. The topological polar surface area (TPSA) is 125 Å². The molecule has 0 aliphatic rings. The molecule has 2 aromatic rings. The number of nitrogens with one attached hydrogen (secondary N) is 1. The fourth-order valence-corrected chi connectivity index (χ4v) is 3.40. The van der Waals surface area contributed by atoms with Gasteiger partial charge in [0.05, 0.1) is 5.69 Å². The van der Waals surface area contributed by atoms with Gasteiger partial charge in [-0.1, -0.05) is 24.3 Å². The van der Waals surface area contributed by atoms with Crippen molar-refractivity contribution in [3.8, 4) is 5.75 Å². The molecule has 0 bridgehead atoms. The average Bonchev–Trinajstić information content (AvgIpc) is 2.82. The van der Waals surface area contributed by atoms with E-state index in [0.717, 1.165) is 6.07 Å². The van der Waals surface area contributed by atoms with Gasteiger partial charge in [0.1, 0.15) is 30.7 Å². The van der Waals surface area contributed by atoms with Crippen LogP contribution in [0.3, 0.4) is 0 Å². The predicted octanol–water partition coefficient (Wildman–Crippen LogP) is 4.85. The van der Waals surface area contributed by atoms with E-state index < -0.39 is 41.5 Å². The van der Waals surface area contributed by atoms with Crippen LogP contribution in [0.1, 0.15) is 40.7 Å². The number of alkyl halides is 3. The number of amides is 2. The standard InChI is InChI=1S/C25H24F4N2O6/c1-15(10-18(23(30)34)3-2-8-32)9-17-5-4-16(11-19(17)13-33)14-36-24(35)31-22-12-20(6-7-21(22)26)37-25(27,28)29/h4-8,11-13,18H,1-3,9-10,14H2,(H2,30,34)(H,31,35). The van der Waals surface area contributed by atoms with Crippen molar-refractivity contribution in [2.24, 2.45) is 11.7 Å². The Morgan fingerprint density at radius 3 is 2.49 bits per heavy atom. The Morgan fingerprint density at radius 2 is 1.86 bits per heavy atom. The lowest BCUT2D eigenvalue weighted by Gasteiger charge is -2.15. The molecule has 198 valence electrons. The molecule has 0 saturated carbocycles. The summed E-state index contributed by atoms with van der Waals surface area (Å²) in [5.41, 5.74) is 6.68. The highest BCUT2D eigenvalue weighted by Gasteiger charge is 2.31. The molecular formula is C25H24F4N2O6. The molecule has 0 radical (unpaired) electrons.